The van der Waals surface area contributed by atoms with E-state index in [9.17, 15) is 0 Å². The molecule has 0 aliphatic heterocycles. The molecule has 0 bridgehead atoms. The minimum absolute atomic E-state index is 0.698. The second kappa shape index (κ2) is 5.57. The van der Waals surface area contributed by atoms with Crippen molar-refractivity contribution in [2.24, 2.45) is 5.92 Å². The predicted octanol–water partition coefficient (Wildman–Crippen LogP) is 3.62. The summed E-state index contributed by atoms with van der Waals surface area (Å²) in [6, 6.07) is 2.12. The molecule has 0 radical (unpaired) electrons. The lowest BCUT2D eigenvalue weighted by molar-refractivity contribution is 0.554. The molecule has 2 rings (SSSR count). The Hall–Kier alpha value is -0.710. The Morgan fingerprint density at radius 2 is 2.31 bits per heavy atom. The maximum absolute atomic E-state index is 4.44. The average molecular weight is 252 g/mol. The van der Waals surface area contributed by atoms with Crippen molar-refractivity contribution >= 4 is 22.7 Å². The van der Waals surface area contributed by atoms with Crippen molar-refractivity contribution in [2.75, 3.05) is 6.54 Å². The Kier molecular flexibility index (Phi) is 4.09. The molecule has 2 nitrogen and oxygen atoms in total. The summed E-state index contributed by atoms with van der Waals surface area (Å²) in [6.45, 7) is 6.43. The molecular formula is C12H16N2S2. The van der Waals surface area contributed by atoms with Gasteiger partial charge in [-0.15, -0.1) is 11.3 Å². The molecule has 0 aliphatic carbocycles. The molecule has 0 saturated carbocycles. The van der Waals surface area contributed by atoms with Gasteiger partial charge in [0.1, 0.15) is 5.01 Å². The van der Waals surface area contributed by atoms with Crippen LogP contribution in [0.3, 0.4) is 0 Å². The van der Waals surface area contributed by atoms with Crippen molar-refractivity contribution in [3.63, 3.8) is 0 Å². The second-order valence-corrected chi connectivity index (χ2v) is 6.06. The number of thiazole rings is 1. The molecule has 1 N–H and O–H groups in total. The zero-order valence-corrected chi connectivity index (χ0v) is 11.2. The van der Waals surface area contributed by atoms with Crippen LogP contribution in [0.5, 0.6) is 0 Å². The second-order valence-electron chi connectivity index (χ2n) is 4.17. The number of rotatable bonds is 5. The lowest BCUT2D eigenvalue weighted by atomic mass is 10.2. The third kappa shape index (κ3) is 3.14. The molecule has 0 aliphatic rings. The fourth-order valence-corrected chi connectivity index (χ4v) is 2.99. The SMILES string of the molecule is CC(C)CNCc1cnc(-c2ccsc2)s1. The largest absolute Gasteiger partial charge is 0.312 e. The minimum atomic E-state index is 0.698. The van der Waals surface area contributed by atoms with Crippen LogP contribution in [-0.2, 0) is 6.54 Å². The summed E-state index contributed by atoms with van der Waals surface area (Å²) in [4.78, 5) is 5.75. The van der Waals surface area contributed by atoms with Gasteiger partial charge in [-0.05, 0) is 23.9 Å². The zero-order valence-electron chi connectivity index (χ0n) is 9.56. The maximum Gasteiger partial charge on any atom is 0.124 e. The van der Waals surface area contributed by atoms with Gasteiger partial charge in [-0.25, -0.2) is 4.98 Å². The highest BCUT2D eigenvalue weighted by Crippen LogP contribution is 2.26. The molecule has 2 heterocycles. The van der Waals surface area contributed by atoms with Crippen LogP contribution in [0.1, 0.15) is 18.7 Å². The standard InChI is InChI=1S/C12H16N2S2/c1-9(2)5-13-6-11-7-14-12(16-11)10-3-4-15-8-10/h3-4,7-9,13H,5-6H2,1-2H3. The first-order chi connectivity index (χ1) is 7.75. The van der Waals surface area contributed by atoms with Crippen molar-refractivity contribution in [3.05, 3.63) is 27.9 Å². The normalized spacial score (nSPS) is 11.2. The van der Waals surface area contributed by atoms with Crippen molar-refractivity contribution in [2.45, 2.75) is 20.4 Å². The van der Waals surface area contributed by atoms with Crippen LogP contribution < -0.4 is 5.32 Å². The summed E-state index contributed by atoms with van der Waals surface area (Å²) in [5.74, 6) is 0.698. The zero-order chi connectivity index (χ0) is 11.4. The summed E-state index contributed by atoms with van der Waals surface area (Å²) in [7, 11) is 0. The molecule has 16 heavy (non-hydrogen) atoms. The molecule has 0 unspecified atom stereocenters. The van der Waals surface area contributed by atoms with Crippen LogP contribution in [0.15, 0.2) is 23.0 Å². The smallest absolute Gasteiger partial charge is 0.124 e. The Balaban J connectivity index is 1.93. The van der Waals surface area contributed by atoms with Gasteiger partial charge in [0.25, 0.3) is 0 Å². The molecule has 0 fully saturated rings. The van der Waals surface area contributed by atoms with E-state index in [0.717, 1.165) is 18.1 Å². The molecule has 2 aromatic rings. The highest BCUT2D eigenvalue weighted by molar-refractivity contribution is 7.15. The van der Waals surface area contributed by atoms with E-state index in [1.54, 1.807) is 22.7 Å². The summed E-state index contributed by atoms with van der Waals surface area (Å²) in [5.41, 5.74) is 1.24. The number of nitrogens with zero attached hydrogens (tertiary/aromatic N) is 1. The van der Waals surface area contributed by atoms with E-state index in [-0.39, 0.29) is 0 Å². The Labute approximate surface area is 104 Å². The Morgan fingerprint density at radius 3 is 3.00 bits per heavy atom. The monoisotopic (exact) mass is 252 g/mol. The van der Waals surface area contributed by atoms with Gasteiger partial charge in [0.15, 0.2) is 0 Å². The maximum atomic E-state index is 4.44. The molecule has 2 aromatic heterocycles. The number of aromatic nitrogens is 1. The van der Waals surface area contributed by atoms with Crippen LogP contribution in [0.25, 0.3) is 10.6 Å². The topological polar surface area (TPSA) is 24.9 Å². The minimum Gasteiger partial charge on any atom is -0.312 e. The number of hydrogen-bond donors (Lipinski definition) is 1. The van der Waals surface area contributed by atoms with E-state index in [1.165, 1.54) is 10.4 Å². The van der Waals surface area contributed by atoms with Gasteiger partial charge in [0.2, 0.25) is 0 Å². The van der Waals surface area contributed by atoms with E-state index in [2.05, 4.69) is 41.0 Å². The van der Waals surface area contributed by atoms with Crippen LogP contribution in [-0.4, -0.2) is 11.5 Å². The van der Waals surface area contributed by atoms with Crippen LogP contribution in [0.2, 0.25) is 0 Å². The highest BCUT2D eigenvalue weighted by atomic mass is 32.1. The van der Waals surface area contributed by atoms with Gasteiger partial charge in [-0.1, -0.05) is 13.8 Å². The van der Waals surface area contributed by atoms with E-state index in [4.69, 9.17) is 0 Å². The fraction of sp³-hybridized carbons (Fsp3) is 0.417. The third-order valence-electron chi connectivity index (χ3n) is 2.17. The van der Waals surface area contributed by atoms with Crippen molar-refractivity contribution < 1.29 is 0 Å². The molecule has 0 atom stereocenters. The number of hydrogen-bond acceptors (Lipinski definition) is 4. The van der Waals surface area contributed by atoms with Gasteiger partial charge in [0.05, 0.1) is 0 Å². The lowest BCUT2D eigenvalue weighted by Gasteiger charge is -2.04. The third-order valence-corrected chi connectivity index (χ3v) is 3.90. The molecule has 0 aromatic carbocycles. The lowest BCUT2D eigenvalue weighted by Crippen LogP contribution is -2.18. The van der Waals surface area contributed by atoms with Crippen LogP contribution in [0.4, 0.5) is 0 Å². The Bertz CT molecular complexity index is 418. The molecule has 86 valence electrons. The molecule has 0 saturated heterocycles. The summed E-state index contributed by atoms with van der Waals surface area (Å²) in [5, 5.41) is 8.79. The van der Waals surface area contributed by atoms with Gasteiger partial charge >= 0.3 is 0 Å². The van der Waals surface area contributed by atoms with Gasteiger partial charge in [-0.2, -0.15) is 11.3 Å². The van der Waals surface area contributed by atoms with Crippen molar-refractivity contribution in [1.29, 1.82) is 0 Å². The first-order valence-corrected chi connectivity index (χ1v) is 7.19. The van der Waals surface area contributed by atoms with Gasteiger partial charge < -0.3 is 5.32 Å². The Morgan fingerprint density at radius 1 is 1.44 bits per heavy atom. The average Bonchev–Trinajstić information content (AvgIpc) is 2.85. The van der Waals surface area contributed by atoms with E-state index in [0.29, 0.717) is 5.92 Å². The highest BCUT2D eigenvalue weighted by Gasteiger charge is 2.04. The number of nitrogens with one attached hydrogen (secondary N) is 1. The van der Waals surface area contributed by atoms with E-state index >= 15 is 0 Å². The molecule has 4 heteroatoms. The summed E-state index contributed by atoms with van der Waals surface area (Å²) in [6.07, 6.45) is 1.98. The van der Waals surface area contributed by atoms with Gasteiger partial charge in [0, 0.05) is 28.6 Å². The summed E-state index contributed by atoms with van der Waals surface area (Å²) >= 11 is 3.49. The van der Waals surface area contributed by atoms with Crippen LogP contribution in [0, 0.1) is 5.92 Å². The summed E-state index contributed by atoms with van der Waals surface area (Å²) < 4.78 is 0. The molecular weight excluding hydrogens is 236 g/mol. The van der Waals surface area contributed by atoms with Crippen LogP contribution >= 0.6 is 22.7 Å². The van der Waals surface area contributed by atoms with Crippen molar-refractivity contribution in [1.82, 2.24) is 10.3 Å². The first kappa shape index (κ1) is 11.8. The van der Waals surface area contributed by atoms with E-state index in [1.807, 2.05) is 6.20 Å². The van der Waals surface area contributed by atoms with Gasteiger partial charge in [-0.3, -0.25) is 0 Å². The quantitative estimate of drug-likeness (QED) is 0.879. The fourth-order valence-electron chi connectivity index (χ4n) is 1.39. The molecule has 0 amide bonds. The van der Waals surface area contributed by atoms with Crippen molar-refractivity contribution in [3.8, 4) is 10.6 Å². The molecule has 0 spiro atoms. The van der Waals surface area contributed by atoms with E-state index < -0.39 is 0 Å². The number of thiophene rings is 1. The first-order valence-electron chi connectivity index (χ1n) is 5.43. The predicted molar refractivity (Wildman–Crippen MR) is 72.0 cm³/mol.